The van der Waals surface area contributed by atoms with Crippen molar-refractivity contribution in [3.8, 4) is 0 Å². The van der Waals surface area contributed by atoms with Crippen molar-refractivity contribution in [2.45, 2.75) is 77.4 Å². The van der Waals surface area contributed by atoms with Crippen molar-refractivity contribution >= 4 is 0 Å². The molecule has 3 heteroatoms. The van der Waals surface area contributed by atoms with E-state index in [0.29, 0.717) is 6.04 Å². The maximum absolute atomic E-state index is 4.72. The summed E-state index contributed by atoms with van der Waals surface area (Å²) >= 11 is 0. The maximum Gasteiger partial charge on any atom is 0.0537 e. The van der Waals surface area contributed by atoms with Gasteiger partial charge in [0, 0.05) is 29.3 Å². The van der Waals surface area contributed by atoms with Crippen molar-refractivity contribution in [3.63, 3.8) is 0 Å². The normalized spacial score (nSPS) is 21.7. The lowest BCUT2D eigenvalue weighted by molar-refractivity contribution is 0.414. The van der Waals surface area contributed by atoms with E-state index < -0.39 is 0 Å². The number of nitrogens with one attached hydrogen (secondary N) is 1. The van der Waals surface area contributed by atoms with E-state index >= 15 is 0 Å². The molecule has 0 aliphatic heterocycles. The van der Waals surface area contributed by atoms with Crippen molar-refractivity contribution in [1.29, 1.82) is 0 Å². The zero-order valence-electron chi connectivity index (χ0n) is 12.7. The Balaban J connectivity index is 1.79. The van der Waals surface area contributed by atoms with Crippen LogP contribution in [0.5, 0.6) is 0 Å². The Bertz CT molecular complexity index is 447. The van der Waals surface area contributed by atoms with Gasteiger partial charge in [-0.2, -0.15) is 5.10 Å². The van der Waals surface area contributed by atoms with Crippen molar-refractivity contribution in [1.82, 2.24) is 15.1 Å². The van der Waals surface area contributed by atoms with Gasteiger partial charge in [0.15, 0.2) is 0 Å². The first kappa shape index (κ1) is 13.2. The molecule has 2 aliphatic carbocycles. The molecule has 1 unspecified atom stereocenters. The Kier molecular flexibility index (Phi) is 3.20. The number of rotatable bonds is 5. The van der Waals surface area contributed by atoms with Crippen LogP contribution < -0.4 is 5.32 Å². The summed E-state index contributed by atoms with van der Waals surface area (Å²) in [5.41, 5.74) is 3.12. The van der Waals surface area contributed by atoms with Crippen molar-refractivity contribution in [2.75, 3.05) is 0 Å². The summed E-state index contributed by atoms with van der Waals surface area (Å²) in [6.07, 6.45) is 7.59. The van der Waals surface area contributed by atoms with Gasteiger partial charge in [0.05, 0.1) is 12.2 Å². The monoisotopic (exact) mass is 261 g/mol. The van der Waals surface area contributed by atoms with Crippen LogP contribution >= 0.6 is 0 Å². The predicted molar refractivity (Wildman–Crippen MR) is 78.2 cm³/mol. The van der Waals surface area contributed by atoms with E-state index in [2.05, 4.69) is 43.9 Å². The summed E-state index contributed by atoms with van der Waals surface area (Å²) in [5, 5.41) is 8.32. The first-order valence-electron chi connectivity index (χ1n) is 7.77. The lowest BCUT2D eigenvalue weighted by atomic mass is 10.1. The summed E-state index contributed by atoms with van der Waals surface area (Å²) in [6, 6.07) is 0.596. The fourth-order valence-corrected chi connectivity index (χ4v) is 2.81. The largest absolute Gasteiger partial charge is 0.308 e. The molecule has 1 aromatic heterocycles. The molecule has 3 nitrogen and oxygen atoms in total. The van der Waals surface area contributed by atoms with Crippen LogP contribution in [-0.4, -0.2) is 15.3 Å². The molecule has 2 fully saturated rings. The molecule has 0 bridgehead atoms. The van der Waals surface area contributed by atoms with Crippen LogP contribution in [0.4, 0.5) is 0 Å². The number of hydrogen-bond acceptors (Lipinski definition) is 2. The molecule has 2 aliphatic rings. The molecule has 1 N–H and O–H groups in total. The highest BCUT2D eigenvalue weighted by Gasteiger charge is 2.36. The molecular weight excluding hydrogens is 234 g/mol. The Morgan fingerprint density at radius 2 is 2.00 bits per heavy atom. The van der Waals surface area contributed by atoms with Gasteiger partial charge < -0.3 is 5.32 Å². The van der Waals surface area contributed by atoms with Crippen molar-refractivity contribution in [2.24, 2.45) is 5.92 Å². The molecule has 3 rings (SSSR count). The van der Waals surface area contributed by atoms with Crippen molar-refractivity contribution in [3.05, 3.63) is 17.5 Å². The van der Waals surface area contributed by atoms with E-state index in [4.69, 9.17) is 5.10 Å². The maximum atomic E-state index is 4.72. The molecule has 0 saturated heterocycles. The highest BCUT2D eigenvalue weighted by Crippen LogP contribution is 2.46. The molecule has 0 amide bonds. The SMILES string of the molecule is CC(C1CC1)n1ncc(CNC(C)(C)C)c1C1CC1. The van der Waals surface area contributed by atoms with Crippen LogP contribution in [0.1, 0.15) is 76.6 Å². The Morgan fingerprint density at radius 1 is 1.32 bits per heavy atom. The third kappa shape index (κ3) is 3.02. The van der Waals surface area contributed by atoms with E-state index in [0.717, 1.165) is 18.4 Å². The summed E-state index contributed by atoms with van der Waals surface area (Å²) in [5.74, 6) is 1.65. The average molecular weight is 261 g/mol. The van der Waals surface area contributed by atoms with Crippen LogP contribution in [0.3, 0.4) is 0 Å². The van der Waals surface area contributed by atoms with Gasteiger partial charge in [-0.25, -0.2) is 0 Å². The minimum absolute atomic E-state index is 0.172. The molecule has 106 valence electrons. The molecule has 2 saturated carbocycles. The highest BCUT2D eigenvalue weighted by atomic mass is 15.3. The molecule has 0 aromatic carbocycles. The minimum Gasteiger partial charge on any atom is -0.308 e. The Hall–Kier alpha value is -0.830. The second-order valence-corrected chi connectivity index (χ2v) is 7.46. The number of aromatic nitrogens is 2. The highest BCUT2D eigenvalue weighted by molar-refractivity contribution is 5.26. The second kappa shape index (κ2) is 4.62. The van der Waals surface area contributed by atoms with E-state index in [1.54, 1.807) is 0 Å². The zero-order valence-corrected chi connectivity index (χ0v) is 12.7. The van der Waals surface area contributed by atoms with Gasteiger partial charge >= 0.3 is 0 Å². The van der Waals surface area contributed by atoms with Crippen LogP contribution in [0, 0.1) is 5.92 Å². The minimum atomic E-state index is 0.172. The van der Waals surface area contributed by atoms with Gasteiger partial charge in [0.25, 0.3) is 0 Å². The average Bonchev–Trinajstić information content (AvgIpc) is 3.21. The van der Waals surface area contributed by atoms with E-state index in [1.807, 2.05) is 0 Å². The Labute approximate surface area is 116 Å². The fourth-order valence-electron chi connectivity index (χ4n) is 2.81. The van der Waals surface area contributed by atoms with Gasteiger partial charge in [0.2, 0.25) is 0 Å². The summed E-state index contributed by atoms with van der Waals surface area (Å²) in [7, 11) is 0. The molecular formula is C16H27N3. The van der Waals surface area contributed by atoms with E-state index in [9.17, 15) is 0 Å². The second-order valence-electron chi connectivity index (χ2n) is 7.46. The first-order valence-corrected chi connectivity index (χ1v) is 7.77. The van der Waals surface area contributed by atoms with Crippen LogP contribution in [0.15, 0.2) is 6.20 Å². The van der Waals surface area contributed by atoms with Gasteiger partial charge in [-0.05, 0) is 59.3 Å². The molecule has 1 atom stereocenters. The Morgan fingerprint density at radius 3 is 2.53 bits per heavy atom. The molecule has 1 aromatic rings. The smallest absolute Gasteiger partial charge is 0.0537 e. The third-order valence-electron chi connectivity index (χ3n) is 4.38. The third-order valence-corrected chi connectivity index (χ3v) is 4.38. The lowest BCUT2D eigenvalue weighted by Crippen LogP contribution is -2.35. The zero-order chi connectivity index (χ0) is 13.6. The summed E-state index contributed by atoms with van der Waals surface area (Å²) in [6.45, 7) is 9.97. The molecule has 0 radical (unpaired) electrons. The van der Waals surface area contributed by atoms with Crippen molar-refractivity contribution < 1.29 is 0 Å². The lowest BCUT2D eigenvalue weighted by Gasteiger charge is -2.21. The number of hydrogen-bond donors (Lipinski definition) is 1. The molecule has 1 heterocycles. The van der Waals surface area contributed by atoms with Crippen LogP contribution in [0.2, 0.25) is 0 Å². The van der Waals surface area contributed by atoms with Gasteiger partial charge in [-0.3, -0.25) is 4.68 Å². The fraction of sp³-hybridized carbons (Fsp3) is 0.812. The van der Waals surface area contributed by atoms with Gasteiger partial charge in [0.1, 0.15) is 0 Å². The quantitative estimate of drug-likeness (QED) is 0.877. The predicted octanol–water partition coefficient (Wildman–Crippen LogP) is 3.62. The van der Waals surface area contributed by atoms with Gasteiger partial charge in [-0.15, -0.1) is 0 Å². The summed E-state index contributed by atoms with van der Waals surface area (Å²) < 4.78 is 2.34. The number of nitrogens with zero attached hydrogens (tertiary/aromatic N) is 2. The van der Waals surface area contributed by atoms with E-state index in [1.165, 1.54) is 36.9 Å². The van der Waals surface area contributed by atoms with E-state index in [-0.39, 0.29) is 5.54 Å². The topological polar surface area (TPSA) is 29.9 Å². The summed E-state index contributed by atoms with van der Waals surface area (Å²) in [4.78, 5) is 0. The molecule has 19 heavy (non-hydrogen) atoms. The molecule has 0 spiro atoms. The first-order chi connectivity index (χ1) is 8.96. The van der Waals surface area contributed by atoms with Crippen LogP contribution in [-0.2, 0) is 6.54 Å². The standard InChI is InChI=1S/C16H27N3/c1-11(12-5-6-12)19-15(13-7-8-13)14(10-18-19)9-17-16(2,3)4/h10-13,17H,5-9H2,1-4H3. The van der Waals surface area contributed by atoms with Crippen LogP contribution in [0.25, 0.3) is 0 Å². The van der Waals surface area contributed by atoms with Gasteiger partial charge in [-0.1, -0.05) is 0 Å².